The van der Waals surface area contributed by atoms with Crippen LogP contribution in [0.2, 0.25) is 0 Å². The number of unbranched alkanes of at least 4 members (excludes halogenated alkanes) is 4. The molecule has 1 unspecified atom stereocenters. The van der Waals surface area contributed by atoms with Gasteiger partial charge in [0.2, 0.25) is 0 Å². The normalized spacial score (nSPS) is 20.7. The van der Waals surface area contributed by atoms with E-state index in [4.69, 9.17) is 5.73 Å². The molecule has 15 heavy (non-hydrogen) atoms. The molecule has 1 aliphatic rings. The molecule has 0 aromatic rings. The maximum atomic E-state index is 5.64. The van der Waals surface area contributed by atoms with E-state index in [1.165, 1.54) is 62.5 Å². The average Bonchev–Trinajstić information content (AvgIpc) is 2.92. The van der Waals surface area contributed by atoms with Crippen molar-refractivity contribution in [2.75, 3.05) is 0 Å². The van der Waals surface area contributed by atoms with Crippen LogP contribution >= 0.6 is 0 Å². The number of hydrogen-bond donors (Lipinski definition) is 1. The van der Waals surface area contributed by atoms with Gasteiger partial charge in [0.25, 0.3) is 0 Å². The highest BCUT2D eigenvalue weighted by molar-refractivity contribution is 5.22. The monoisotopic (exact) mass is 207 g/mol. The van der Waals surface area contributed by atoms with Crippen LogP contribution in [0.15, 0.2) is 23.9 Å². The maximum absolute atomic E-state index is 5.64. The van der Waals surface area contributed by atoms with Gasteiger partial charge in [-0.25, -0.2) is 0 Å². The summed E-state index contributed by atoms with van der Waals surface area (Å²) in [6.45, 7) is 6.24. The summed E-state index contributed by atoms with van der Waals surface area (Å²) >= 11 is 0. The van der Waals surface area contributed by atoms with Crippen molar-refractivity contribution in [2.45, 2.75) is 58.3 Å². The van der Waals surface area contributed by atoms with Crippen LogP contribution in [-0.2, 0) is 0 Å². The number of nitrogens with two attached hydrogens (primary N) is 1. The van der Waals surface area contributed by atoms with Gasteiger partial charge in [0, 0.05) is 0 Å². The second-order valence-corrected chi connectivity index (χ2v) is 4.75. The topological polar surface area (TPSA) is 26.0 Å². The molecule has 1 aliphatic carbocycles. The Morgan fingerprint density at radius 3 is 2.60 bits per heavy atom. The highest BCUT2D eigenvalue weighted by Crippen LogP contribution is 2.41. The molecule has 1 saturated carbocycles. The van der Waals surface area contributed by atoms with Crippen LogP contribution in [0.4, 0.5) is 0 Å². The average molecular weight is 207 g/mol. The van der Waals surface area contributed by atoms with E-state index in [0.29, 0.717) is 0 Å². The molecule has 0 radical (unpaired) electrons. The van der Waals surface area contributed by atoms with Gasteiger partial charge in [0.05, 0.1) is 0 Å². The Morgan fingerprint density at radius 2 is 2.07 bits per heavy atom. The predicted molar refractivity (Wildman–Crippen MR) is 67.5 cm³/mol. The van der Waals surface area contributed by atoms with E-state index in [2.05, 4.69) is 13.5 Å². The molecule has 1 atom stereocenters. The van der Waals surface area contributed by atoms with E-state index in [9.17, 15) is 0 Å². The van der Waals surface area contributed by atoms with Crippen LogP contribution in [0, 0.1) is 5.92 Å². The Morgan fingerprint density at radius 1 is 1.40 bits per heavy atom. The van der Waals surface area contributed by atoms with Crippen molar-refractivity contribution < 1.29 is 0 Å². The minimum Gasteiger partial charge on any atom is -0.405 e. The first-order valence-corrected chi connectivity index (χ1v) is 6.35. The van der Waals surface area contributed by atoms with Crippen LogP contribution in [0.3, 0.4) is 0 Å². The Labute approximate surface area is 94.4 Å². The van der Waals surface area contributed by atoms with Gasteiger partial charge < -0.3 is 5.73 Å². The minimum absolute atomic E-state index is 0.760. The zero-order valence-electron chi connectivity index (χ0n) is 10.1. The van der Waals surface area contributed by atoms with Crippen LogP contribution in [0.1, 0.15) is 58.3 Å². The number of rotatable bonds is 8. The second-order valence-electron chi connectivity index (χ2n) is 4.75. The third kappa shape index (κ3) is 5.06. The van der Waals surface area contributed by atoms with Crippen LogP contribution < -0.4 is 5.73 Å². The third-order valence-corrected chi connectivity index (χ3v) is 3.27. The summed E-state index contributed by atoms with van der Waals surface area (Å²) in [7, 11) is 0. The molecule has 0 aliphatic heterocycles. The smallest absolute Gasteiger partial charge is 0.00703 e. The van der Waals surface area contributed by atoms with E-state index >= 15 is 0 Å². The lowest BCUT2D eigenvalue weighted by atomic mass is 10.0. The molecule has 2 N–H and O–H groups in total. The van der Waals surface area contributed by atoms with Gasteiger partial charge >= 0.3 is 0 Å². The summed E-state index contributed by atoms with van der Waals surface area (Å²) in [6, 6.07) is 0. The fourth-order valence-electron chi connectivity index (χ4n) is 2.00. The molecule has 0 aromatic heterocycles. The largest absolute Gasteiger partial charge is 0.405 e. The summed E-state index contributed by atoms with van der Waals surface area (Å²) in [5.41, 5.74) is 8.50. The Hall–Kier alpha value is -0.720. The molecule has 1 heteroatoms. The van der Waals surface area contributed by atoms with Crippen molar-refractivity contribution in [3.05, 3.63) is 23.9 Å². The van der Waals surface area contributed by atoms with Gasteiger partial charge in [-0.05, 0) is 37.8 Å². The molecule has 1 fully saturated rings. The Balaban J connectivity index is 2.04. The lowest BCUT2D eigenvalue weighted by Crippen LogP contribution is -1.92. The molecule has 0 aromatic carbocycles. The van der Waals surface area contributed by atoms with Crippen molar-refractivity contribution in [3.63, 3.8) is 0 Å². The first-order valence-electron chi connectivity index (χ1n) is 6.35. The summed E-state index contributed by atoms with van der Waals surface area (Å²) in [5.74, 6) is 0.760. The lowest BCUT2D eigenvalue weighted by Gasteiger charge is -2.05. The molecule has 86 valence electrons. The maximum Gasteiger partial charge on any atom is -0.00703 e. The second kappa shape index (κ2) is 6.71. The summed E-state index contributed by atoms with van der Waals surface area (Å²) in [6.07, 6.45) is 12.2. The summed E-state index contributed by atoms with van der Waals surface area (Å²) < 4.78 is 0. The fraction of sp³-hybridized carbons (Fsp3) is 0.714. The van der Waals surface area contributed by atoms with E-state index in [-0.39, 0.29) is 0 Å². The van der Waals surface area contributed by atoms with Gasteiger partial charge in [0.15, 0.2) is 0 Å². The van der Waals surface area contributed by atoms with Gasteiger partial charge in [-0.2, -0.15) is 0 Å². The highest BCUT2D eigenvalue weighted by atomic mass is 14.5. The highest BCUT2D eigenvalue weighted by Gasteiger charge is 2.27. The molecular weight excluding hydrogens is 182 g/mol. The standard InChI is InChI=1S/C14H25N/c1-3-4-5-6-7-8-13(11-15)10-14-9-12(14)2/h11,14H,2-10,15H2,1H3/b13-11-. The van der Waals surface area contributed by atoms with Crippen molar-refractivity contribution in [1.82, 2.24) is 0 Å². The van der Waals surface area contributed by atoms with Crippen molar-refractivity contribution >= 4 is 0 Å². The molecule has 0 spiro atoms. The van der Waals surface area contributed by atoms with Gasteiger partial charge in [-0.15, -0.1) is 0 Å². The van der Waals surface area contributed by atoms with Gasteiger partial charge in [0.1, 0.15) is 0 Å². The van der Waals surface area contributed by atoms with Crippen molar-refractivity contribution in [1.29, 1.82) is 0 Å². The summed E-state index contributed by atoms with van der Waals surface area (Å²) in [5, 5.41) is 0. The van der Waals surface area contributed by atoms with Crippen LogP contribution in [-0.4, -0.2) is 0 Å². The first kappa shape index (κ1) is 12.4. The van der Waals surface area contributed by atoms with E-state index in [0.717, 1.165) is 5.92 Å². The number of hydrogen-bond acceptors (Lipinski definition) is 1. The van der Waals surface area contributed by atoms with E-state index in [1.54, 1.807) is 0 Å². The van der Waals surface area contributed by atoms with Gasteiger partial charge in [-0.3, -0.25) is 0 Å². The molecular formula is C14H25N. The molecule has 0 heterocycles. The molecule has 1 rings (SSSR count). The Kier molecular flexibility index (Phi) is 5.52. The first-order chi connectivity index (χ1) is 7.27. The fourth-order valence-corrected chi connectivity index (χ4v) is 2.00. The quantitative estimate of drug-likeness (QED) is 0.469. The minimum atomic E-state index is 0.760. The Bertz CT molecular complexity index is 227. The molecule has 0 saturated heterocycles. The van der Waals surface area contributed by atoms with Gasteiger partial charge in [-0.1, -0.05) is 50.3 Å². The summed E-state index contributed by atoms with van der Waals surface area (Å²) in [4.78, 5) is 0. The van der Waals surface area contributed by atoms with Crippen molar-refractivity contribution in [3.8, 4) is 0 Å². The molecule has 0 bridgehead atoms. The molecule has 0 amide bonds. The lowest BCUT2D eigenvalue weighted by molar-refractivity contribution is 0.619. The zero-order chi connectivity index (χ0) is 11.1. The van der Waals surface area contributed by atoms with Crippen molar-refractivity contribution in [2.24, 2.45) is 11.7 Å². The molecule has 1 nitrogen and oxygen atoms in total. The van der Waals surface area contributed by atoms with Crippen LogP contribution in [0.5, 0.6) is 0 Å². The number of allylic oxidation sites excluding steroid dienone is 2. The third-order valence-electron chi connectivity index (χ3n) is 3.27. The SMILES string of the molecule is C=C1CC1C/C(=C\N)CCCCCCC. The predicted octanol–water partition coefficient (Wildman–Crippen LogP) is 4.16. The van der Waals surface area contributed by atoms with E-state index < -0.39 is 0 Å². The van der Waals surface area contributed by atoms with E-state index in [1.807, 2.05) is 6.20 Å². The van der Waals surface area contributed by atoms with Crippen LogP contribution in [0.25, 0.3) is 0 Å². The zero-order valence-corrected chi connectivity index (χ0v) is 10.1.